The molecule has 3 aromatic rings. The molecule has 3 aromatic carbocycles. The fourth-order valence-corrected chi connectivity index (χ4v) is 3.50. The van der Waals surface area contributed by atoms with Crippen LogP contribution in [0.2, 0.25) is 0 Å². The maximum atomic E-state index is 12.6. The zero-order chi connectivity index (χ0) is 20.5. The number of ether oxygens (including phenoxy) is 1. The van der Waals surface area contributed by atoms with E-state index in [1.807, 2.05) is 91.0 Å². The van der Waals surface area contributed by atoms with Crippen LogP contribution in [0.5, 0.6) is 0 Å². The molecule has 29 heavy (non-hydrogen) atoms. The number of rotatable bonds is 9. The van der Waals surface area contributed by atoms with Gasteiger partial charge >= 0.3 is 5.97 Å². The highest BCUT2D eigenvalue weighted by Crippen LogP contribution is 2.37. The van der Waals surface area contributed by atoms with Gasteiger partial charge in [-0.2, -0.15) is 0 Å². The normalized spacial score (nSPS) is 12.2. The van der Waals surface area contributed by atoms with Crippen LogP contribution in [0, 0.1) is 0 Å². The van der Waals surface area contributed by atoms with Crippen LogP contribution in [-0.4, -0.2) is 30.3 Å². The van der Waals surface area contributed by atoms with Gasteiger partial charge in [-0.3, -0.25) is 10.1 Å². The molecule has 0 aliphatic rings. The number of carbonyl (C=O) groups is 1. The molecule has 0 spiro atoms. The number of hydrogen-bond donors (Lipinski definition) is 2. The summed E-state index contributed by atoms with van der Waals surface area (Å²) in [6, 6.07) is 28.8. The van der Waals surface area contributed by atoms with Crippen molar-refractivity contribution in [2.75, 3.05) is 13.2 Å². The highest BCUT2D eigenvalue weighted by molar-refractivity contribution is 5.76. The van der Waals surface area contributed by atoms with Crippen molar-refractivity contribution in [3.8, 4) is 0 Å². The molecule has 2 N–H and O–H groups in total. The number of hydrogen-bond acceptors (Lipinski definition) is 4. The summed E-state index contributed by atoms with van der Waals surface area (Å²) in [5, 5.41) is 13.4. The van der Waals surface area contributed by atoms with Crippen LogP contribution in [0.25, 0.3) is 0 Å². The minimum absolute atomic E-state index is 0.0893. The Morgan fingerprint density at radius 2 is 1.31 bits per heavy atom. The Hall–Kier alpha value is -3.21. The van der Waals surface area contributed by atoms with E-state index >= 15 is 0 Å². The van der Waals surface area contributed by atoms with Gasteiger partial charge in [0.1, 0.15) is 12.6 Å². The molecule has 0 heterocycles. The quantitative estimate of drug-likeness (QED) is 0.334. The van der Waals surface area contributed by atoms with Gasteiger partial charge in [-0.15, -0.1) is 0 Å². The summed E-state index contributed by atoms with van der Waals surface area (Å²) in [5.74, 6) is -0.528. The molecule has 3 rings (SSSR count). The van der Waals surface area contributed by atoms with E-state index in [2.05, 4.69) is 11.9 Å². The smallest absolute Gasteiger partial charge is 0.325 e. The van der Waals surface area contributed by atoms with E-state index < -0.39 is 24.2 Å². The standard InChI is InChI=1S/C25H25NO3/c1-2-18-29-24(28)23(19-27)26-25(20-12-6-3-7-13-20,21-14-8-4-9-15-21)22-16-10-5-11-17-22/h2-17,23,26-27H,1,18-19H2/t23-/m1/s1. The van der Waals surface area contributed by atoms with Crippen molar-refractivity contribution in [1.29, 1.82) is 0 Å². The molecule has 0 amide bonds. The second-order valence-electron chi connectivity index (χ2n) is 6.65. The third-order valence-corrected chi connectivity index (χ3v) is 4.82. The Balaban J connectivity index is 2.19. The Morgan fingerprint density at radius 1 is 0.897 bits per heavy atom. The highest BCUT2D eigenvalue weighted by Gasteiger charge is 2.39. The monoisotopic (exact) mass is 387 g/mol. The molecular weight excluding hydrogens is 362 g/mol. The van der Waals surface area contributed by atoms with Crippen molar-refractivity contribution in [2.24, 2.45) is 0 Å². The molecule has 4 nitrogen and oxygen atoms in total. The van der Waals surface area contributed by atoms with Crippen LogP contribution in [-0.2, 0) is 15.1 Å². The summed E-state index contributed by atoms with van der Waals surface area (Å²) in [5.41, 5.74) is 2.00. The molecule has 148 valence electrons. The van der Waals surface area contributed by atoms with E-state index in [0.717, 1.165) is 16.7 Å². The third kappa shape index (κ3) is 4.45. The van der Waals surface area contributed by atoms with Gasteiger partial charge in [0.25, 0.3) is 0 Å². The van der Waals surface area contributed by atoms with Gasteiger partial charge in [0, 0.05) is 0 Å². The molecule has 0 saturated heterocycles. The highest BCUT2D eigenvalue weighted by atomic mass is 16.5. The Bertz CT molecular complexity index is 814. The summed E-state index contributed by atoms with van der Waals surface area (Å²) in [6.45, 7) is 3.27. The third-order valence-electron chi connectivity index (χ3n) is 4.82. The first kappa shape index (κ1) is 20.5. The predicted octanol–water partition coefficient (Wildman–Crippen LogP) is 3.66. The molecule has 0 aromatic heterocycles. The first-order valence-corrected chi connectivity index (χ1v) is 9.55. The van der Waals surface area contributed by atoms with Gasteiger partial charge < -0.3 is 9.84 Å². The predicted molar refractivity (Wildman–Crippen MR) is 114 cm³/mol. The lowest BCUT2D eigenvalue weighted by molar-refractivity contribution is -0.146. The molecule has 0 saturated carbocycles. The number of benzene rings is 3. The molecule has 1 atom stereocenters. The van der Waals surface area contributed by atoms with Crippen LogP contribution >= 0.6 is 0 Å². The molecule has 0 unspecified atom stereocenters. The molecule has 0 radical (unpaired) electrons. The number of nitrogens with one attached hydrogen (secondary N) is 1. The average molecular weight is 387 g/mol. The molecule has 0 aliphatic heterocycles. The fourth-order valence-electron chi connectivity index (χ4n) is 3.50. The summed E-state index contributed by atoms with van der Waals surface area (Å²) in [7, 11) is 0. The van der Waals surface area contributed by atoms with E-state index in [4.69, 9.17) is 4.74 Å². The van der Waals surface area contributed by atoms with Gasteiger partial charge in [0.05, 0.1) is 12.1 Å². The number of aliphatic hydroxyl groups excluding tert-OH is 1. The maximum Gasteiger partial charge on any atom is 0.325 e. The van der Waals surface area contributed by atoms with E-state index in [1.54, 1.807) is 0 Å². The summed E-state index contributed by atoms with van der Waals surface area (Å²) < 4.78 is 5.22. The number of aliphatic hydroxyl groups is 1. The number of carbonyl (C=O) groups excluding carboxylic acids is 1. The molecule has 4 heteroatoms. The van der Waals surface area contributed by atoms with Crippen LogP contribution < -0.4 is 5.32 Å². The maximum absolute atomic E-state index is 12.6. The van der Waals surface area contributed by atoms with Crippen molar-refractivity contribution < 1.29 is 14.6 Å². The summed E-state index contributed by atoms with van der Waals surface area (Å²) in [6.07, 6.45) is 1.51. The van der Waals surface area contributed by atoms with E-state index in [9.17, 15) is 9.90 Å². The van der Waals surface area contributed by atoms with Crippen LogP contribution in [0.15, 0.2) is 104 Å². The van der Waals surface area contributed by atoms with Crippen molar-refractivity contribution in [1.82, 2.24) is 5.32 Å². The first-order valence-electron chi connectivity index (χ1n) is 9.55. The van der Waals surface area contributed by atoms with Crippen molar-refractivity contribution in [2.45, 2.75) is 11.6 Å². The van der Waals surface area contributed by atoms with E-state index in [-0.39, 0.29) is 6.61 Å². The van der Waals surface area contributed by atoms with Gasteiger partial charge in [0.15, 0.2) is 0 Å². The van der Waals surface area contributed by atoms with E-state index in [0.29, 0.717) is 0 Å². The lowest BCUT2D eigenvalue weighted by atomic mass is 9.76. The van der Waals surface area contributed by atoms with E-state index in [1.165, 1.54) is 6.08 Å². The molecule has 0 fully saturated rings. The largest absolute Gasteiger partial charge is 0.460 e. The van der Waals surface area contributed by atoms with Crippen molar-refractivity contribution in [3.63, 3.8) is 0 Å². The molecule has 0 bridgehead atoms. The number of esters is 1. The second kappa shape index (κ2) is 9.82. The van der Waals surface area contributed by atoms with Gasteiger partial charge in [-0.1, -0.05) is 104 Å². The van der Waals surface area contributed by atoms with Gasteiger partial charge in [-0.25, -0.2) is 0 Å². The Morgan fingerprint density at radius 3 is 1.66 bits per heavy atom. The lowest BCUT2D eigenvalue weighted by Crippen LogP contribution is -2.54. The van der Waals surface area contributed by atoms with Crippen LogP contribution in [0.4, 0.5) is 0 Å². The minimum atomic E-state index is -0.921. The minimum Gasteiger partial charge on any atom is -0.460 e. The zero-order valence-electron chi connectivity index (χ0n) is 16.2. The average Bonchev–Trinajstić information content (AvgIpc) is 2.80. The fraction of sp³-hybridized carbons (Fsp3) is 0.160. The summed E-state index contributed by atoms with van der Waals surface area (Å²) in [4.78, 5) is 12.6. The van der Waals surface area contributed by atoms with Crippen molar-refractivity contribution in [3.05, 3.63) is 120 Å². The van der Waals surface area contributed by atoms with Crippen LogP contribution in [0.1, 0.15) is 16.7 Å². The zero-order valence-corrected chi connectivity index (χ0v) is 16.2. The SMILES string of the molecule is C=CCOC(=O)[C@@H](CO)NC(c1ccccc1)(c1ccccc1)c1ccccc1. The van der Waals surface area contributed by atoms with Crippen molar-refractivity contribution >= 4 is 5.97 Å². The lowest BCUT2D eigenvalue weighted by Gasteiger charge is -2.39. The Kier molecular flexibility index (Phi) is 6.95. The topological polar surface area (TPSA) is 58.6 Å². The van der Waals surface area contributed by atoms with Crippen LogP contribution in [0.3, 0.4) is 0 Å². The second-order valence-corrected chi connectivity index (χ2v) is 6.65. The summed E-state index contributed by atoms with van der Waals surface area (Å²) >= 11 is 0. The van der Waals surface area contributed by atoms with Gasteiger partial charge in [-0.05, 0) is 16.7 Å². The first-order chi connectivity index (χ1) is 14.2. The Labute approximate surface area is 171 Å². The molecule has 0 aliphatic carbocycles. The van der Waals surface area contributed by atoms with Gasteiger partial charge in [0.2, 0.25) is 0 Å². The molecular formula is C25H25NO3.